The van der Waals surface area contributed by atoms with Gasteiger partial charge in [-0.1, -0.05) is 36.8 Å². The topological polar surface area (TPSA) is 60.4 Å². The van der Waals surface area contributed by atoms with E-state index in [-0.39, 0.29) is 36.0 Å². The molecular weight excluding hydrogens is 335 g/mol. The summed E-state index contributed by atoms with van der Waals surface area (Å²) in [4.78, 5) is 10.6. The van der Waals surface area contributed by atoms with Crippen molar-refractivity contribution in [3.8, 4) is 18.1 Å². The van der Waals surface area contributed by atoms with Crippen LogP contribution in [0.2, 0.25) is 0 Å². The van der Waals surface area contributed by atoms with Crippen molar-refractivity contribution in [2.24, 2.45) is 5.92 Å². The maximum Gasteiger partial charge on any atom is 1.00 e. The molecule has 0 spiro atoms. The quantitative estimate of drug-likeness (QED) is 0.305. The number of aryl methyl sites for hydroxylation is 1. The molecule has 26 heavy (non-hydrogen) atoms. The number of carbonyl (C=O) groups is 1. The molecule has 0 saturated heterocycles. The Balaban J connectivity index is 0.00000338. The van der Waals surface area contributed by atoms with Gasteiger partial charge in [-0.3, -0.25) is 0 Å². The fraction of sp³-hybridized carbons (Fsp3) is 0.500. The van der Waals surface area contributed by atoms with Gasteiger partial charge in [-0.05, 0) is 67.9 Å². The number of phenols is 1. The zero-order valence-electron chi connectivity index (χ0n) is 15.7. The standard InChI is InChI=1S/C22H28O3.Na/c1-2-3-4-5-6-10-17-11-7-14-19(17)20-15-8-12-18(22(20)25)13-9-16-21(23)24;/h1,6,8,10,12,15,17,19,25H,3-5,7,9,11,13-14,16H2,(H,23,24);/q;+1/p-1/b10-6+;/t17?,19-;/m0./s1. The average molecular weight is 362 g/mol. The first-order valence-corrected chi connectivity index (χ1v) is 9.24. The Hall–Kier alpha value is -1.21. The smallest absolute Gasteiger partial charge is 0.550 e. The number of phenolic OH excluding ortho intramolecular Hbond substituents is 1. The number of para-hydroxylation sites is 1. The summed E-state index contributed by atoms with van der Waals surface area (Å²) in [6.07, 6.45) is 17.1. The number of carboxylic acid groups (broad SMARTS) is 1. The summed E-state index contributed by atoms with van der Waals surface area (Å²) in [5.41, 5.74) is 1.84. The van der Waals surface area contributed by atoms with Crippen LogP contribution in [0.5, 0.6) is 5.75 Å². The fourth-order valence-corrected chi connectivity index (χ4v) is 3.73. The first-order valence-electron chi connectivity index (χ1n) is 9.24. The third-order valence-electron chi connectivity index (χ3n) is 5.02. The number of terminal acetylenes is 1. The minimum Gasteiger partial charge on any atom is -0.550 e. The van der Waals surface area contributed by atoms with Gasteiger partial charge in [0.15, 0.2) is 0 Å². The van der Waals surface area contributed by atoms with Gasteiger partial charge >= 0.3 is 29.6 Å². The van der Waals surface area contributed by atoms with Crippen LogP contribution >= 0.6 is 0 Å². The molecule has 2 atom stereocenters. The Morgan fingerprint density at radius 2 is 2.15 bits per heavy atom. The van der Waals surface area contributed by atoms with Gasteiger partial charge < -0.3 is 15.0 Å². The predicted molar refractivity (Wildman–Crippen MR) is 98.0 cm³/mol. The summed E-state index contributed by atoms with van der Waals surface area (Å²) in [6.45, 7) is 0. The van der Waals surface area contributed by atoms with Crippen molar-refractivity contribution in [2.45, 2.75) is 63.7 Å². The molecule has 1 unspecified atom stereocenters. The summed E-state index contributed by atoms with van der Waals surface area (Å²) in [6, 6.07) is 5.86. The van der Waals surface area contributed by atoms with Gasteiger partial charge in [0.25, 0.3) is 0 Å². The van der Waals surface area contributed by atoms with Gasteiger partial charge in [-0.25, -0.2) is 0 Å². The second-order valence-electron chi connectivity index (χ2n) is 6.81. The molecule has 0 bridgehead atoms. The molecule has 0 amide bonds. The van der Waals surface area contributed by atoms with Crippen molar-refractivity contribution in [1.82, 2.24) is 0 Å². The van der Waals surface area contributed by atoms with Crippen LogP contribution in [0.15, 0.2) is 30.4 Å². The van der Waals surface area contributed by atoms with Crippen LogP contribution < -0.4 is 34.7 Å². The van der Waals surface area contributed by atoms with E-state index in [0.29, 0.717) is 30.4 Å². The van der Waals surface area contributed by atoms with Crippen LogP contribution in [-0.4, -0.2) is 11.1 Å². The van der Waals surface area contributed by atoms with E-state index in [2.05, 4.69) is 18.1 Å². The molecule has 1 N–H and O–H groups in total. The molecule has 134 valence electrons. The summed E-state index contributed by atoms with van der Waals surface area (Å²) < 4.78 is 0. The molecule has 2 rings (SSSR count). The summed E-state index contributed by atoms with van der Waals surface area (Å²) in [5.74, 6) is 2.76. The van der Waals surface area contributed by atoms with Crippen molar-refractivity contribution in [3.63, 3.8) is 0 Å². The van der Waals surface area contributed by atoms with E-state index >= 15 is 0 Å². The Bertz CT molecular complexity index is 645. The number of aromatic hydroxyl groups is 1. The minimum absolute atomic E-state index is 0. The van der Waals surface area contributed by atoms with Crippen LogP contribution in [0.1, 0.15) is 68.4 Å². The molecule has 1 saturated carbocycles. The SMILES string of the molecule is C#CCCC/C=C/C1CCC[C@@H]1c1cccc(CCCC(=O)[O-])c1O.[Na+]. The number of hydrogen-bond acceptors (Lipinski definition) is 3. The number of aliphatic carboxylic acids is 1. The molecule has 1 aromatic rings. The Morgan fingerprint density at radius 1 is 1.35 bits per heavy atom. The number of hydrogen-bond donors (Lipinski definition) is 1. The molecule has 0 aromatic heterocycles. The number of carboxylic acids is 1. The maximum absolute atomic E-state index is 10.7. The fourth-order valence-electron chi connectivity index (χ4n) is 3.73. The van der Waals surface area contributed by atoms with Crippen molar-refractivity contribution >= 4 is 5.97 Å². The second kappa shape index (κ2) is 12.2. The molecule has 4 heteroatoms. The van der Waals surface area contributed by atoms with Gasteiger partial charge in [0, 0.05) is 12.4 Å². The van der Waals surface area contributed by atoms with Gasteiger partial charge in [-0.15, -0.1) is 12.3 Å². The van der Waals surface area contributed by atoms with Crippen LogP contribution in [0.25, 0.3) is 0 Å². The Labute approximate surface area is 179 Å². The normalized spacial score (nSPS) is 19.2. The van der Waals surface area contributed by atoms with Crippen molar-refractivity contribution in [1.29, 1.82) is 0 Å². The molecule has 0 aliphatic heterocycles. The van der Waals surface area contributed by atoms with E-state index in [1.165, 1.54) is 6.42 Å². The number of carbonyl (C=O) groups excluding carboxylic acids is 1. The Kier molecular flexibility index (Phi) is 10.7. The molecule has 1 aromatic carbocycles. The van der Waals surface area contributed by atoms with E-state index in [1.54, 1.807) is 0 Å². The third-order valence-corrected chi connectivity index (χ3v) is 5.02. The monoisotopic (exact) mass is 362 g/mol. The minimum atomic E-state index is -1.04. The zero-order chi connectivity index (χ0) is 18.1. The van der Waals surface area contributed by atoms with Crippen molar-refractivity contribution in [3.05, 3.63) is 41.5 Å². The van der Waals surface area contributed by atoms with Crippen molar-refractivity contribution < 1.29 is 44.6 Å². The molecule has 3 nitrogen and oxygen atoms in total. The summed E-state index contributed by atoms with van der Waals surface area (Å²) in [5, 5.41) is 21.2. The molecular formula is C22H27NaO3. The van der Waals surface area contributed by atoms with E-state index in [4.69, 9.17) is 6.42 Å². The van der Waals surface area contributed by atoms with Gasteiger partial charge in [-0.2, -0.15) is 0 Å². The third kappa shape index (κ3) is 6.83. The number of benzene rings is 1. The van der Waals surface area contributed by atoms with E-state index in [1.807, 2.05) is 18.2 Å². The summed E-state index contributed by atoms with van der Waals surface area (Å²) in [7, 11) is 0. The van der Waals surface area contributed by atoms with Gasteiger partial charge in [0.1, 0.15) is 5.75 Å². The molecule has 1 aliphatic rings. The van der Waals surface area contributed by atoms with E-state index in [0.717, 1.165) is 43.2 Å². The number of allylic oxidation sites excluding steroid dienone is 2. The first-order chi connectivity index (χ1) is 12.1. The second-order valence-corrected chi connectivity index (χ2v) is 6.81. The van der Waals surface area contributed by atoms with Crippen LogP contribution in [0, 0.1) is 18.3 Å². The predicted octanol–water partition coefficient (Wildman–Crippen LogP) is 0.712. The number of rotatable bonds is 9. The molecule has 0 radical (unpaired) electrons. The van der Waals surface area contributed by atoms with Crippen LogP contribution in [-0.2, 0) is 11.2 Å². The average Bonchev–Trinajstić information content (AvgIpc) is 3.04. The van der Waals surface area contributed by atoms with Crippen LogP contribution in [0.3, 0.4) is 0 Å². The maximum atomic E-state index is 10.7. The number of unbranched alkanes of at least 4 members (excludes halogenated alkanes) is 2. The molecule has 1 aliphatic carbocycles. The van der Waals surface area contributed by atoms with Gasteiger partial charge in [0.2, 0.25) is 0 Å². The largest absolute Gasteiger partial charge is 1.00 e. The van der Waals surface area contributed by atoms with E-state index in [9.17, 15) is 15.0 Å². The van der Waals surface area contributed by atoms with Crippen LogP contribution in [0.4, 0.5) is 0 Å². The molecule has 1 fully saturated rings. The Morgan fingerprint density at radius 3 is 2.88 bits per heavy atom. The molecule has 0 heterocycles. The first kappa shape index (κ1) is 22.8. The zero-order valence-corrected chi connectivity index (χ0v) is 17.7. The van der Waals surface area contributed by atoms with Gasteiger partial charge in [0.05, 0.1) is 0 Å². The van der Waals surface area contributed by atoms with Crippen molar-refractivity contribution in [2.75, 3.05) is 0 Å². The summed E-state index contributed by atoms with van der Waals surface area (Å²) >= 11 is 0. The van der Waals surface area contributed by atoms with E-state index < -0.39 is 5.97 Å².